The van der Waals surface area contributed by atoms with Crippen molar-refractivity contribution < 1.29 is 41.5 Å². The van der Waals surface area contributed by atoms with Gasteiger partial charge in [0.05, 0.1) is 18.3 Å². The molecule has 2 aromatic rings. The van der Waals surface area contributed by atoms with Crippen molar-refractivity contribution in [2.24, 2.45) is 5.92 Å². The van der Waals surface area contributed by atoms with Gasteiger partial charge in [0.25, 0.3) is 11.8 Å². The Balaban J connectivity index is 1.11. The van der Waals surface area contributed by atoms with Crippen LogP contribution in [0.1, 0.15) is 67.4 Å². The number of amides is 5. The maximum atomic E-state index is 14.6. The number of carbonyl (C=O) groups excluding carboxylic acids is 5. The zero-order valence-electron chi connectivity index (χ0n) is 32.5. The van der Waals surface area contributed by atoms with Crippen molar-refractivity contribution >= 4 is 45.4 Å². The molecule has 3 heterocycles. The second kappa shape index (κ2) is 15.7. The van der Waals surface area contributed by atoms with Gasteiger partial charge >= 0.3 is 6.09 Å². The zero-order chi connectivity index (χ0) is 40.8. The zero-order valence-corrected chi connectivity index (χ0v) is 33.3. The minimum Gasteiger partial charge on any atom is -0.444 e. The van der Waals surface area contributed by atoms with Gasteiger partial charge in [0.1, 0.15) is 29.5 Å². The SMILES string of the molecule is C=C(C)[C@H](Nc1cccc(C(=O)N2CCN(C)CC2)c1)C(=O)N1C[C@H](OC(=O)N2Cc3cccc(F)c3C2)C[C@H]1C(=O)N[C@]1(C(=O)NS(=O)(=O)C2CC2)C[C@H]1CC. The molecule has 57 heavy (non-hydrogen) atoms. The van der Waals surface area contributed by atoms with Gasteiger partial charge in [-0.15, -0.1) is 0 Å². The number of nitrogens with zero attached hydrogens (tertiary/aromatic N) is 4. The van der Waals surface area contributed by atoms with Crippen LogP contribution in [0.4, 0.5) is 14.9 Å². The number of fused-ring (bicyclic) bond motifs is 1. The first-order valence-electron chi connectivity index (χ1n) is 19.5. The molecular formula is C40H50FN7O8S. The molecule has 2 aromatic carbocycles. The second-order valence-electron chi connectivity index (χ2n) is 16.0. The summed E-state index contributed by atoms with van der Waals surface area (Å²) in [4.78, 5) is 75.8. The molecule has 0 radical (unpaired) electrons. The Morgan fingerprint density at radius 1 is 1.02 bits per heavy atom. The van der Waals surface area contributed by atoms with E-state index in [0.717, 1.165) is 13.1 Å². The van der Waals surface area contributed by atoms with Gasteiger partial charge in [0, 0.05) is 56.0 Å². The van der Waals surface area contributed by atoms with Gasteiger partial charge < -0.3 is 30.1 Å². The van der Waals surface area contributed by atoms with Crippen LogP contribution in [0.3, 0.4) is 0 Å². The molecule has 5 aliphatic rings. The minimum absolute atomic E-state index is 0.00203. The number of likely N-dealkylation sites (N-methyl/N-ethyl adjacent to an activating group) is 1. The van der Waals surface area contributed by atoms with E-state index in [1.807, 2.05) is 14.0 Å². The van der Waals surface area contributed by atoms with Crippen LogP contribution < -0.4 is 15.4 Å². The summed E-state index contributed by atoms with van der Waals surface area (Å²) in [6.45, 7) is 10.2. The van der Waals surface area contributed by atoms with Gasteiger partial charge in [-0.25, -0.2) is 17.6 Å². The predicted octanol–water partition coefficient (Wildman–Crippen LogP) is 2.59. The summed E-state index contributed by atoms with van der Waals surface area (Å²) < 4.78 is 48.0. The summed E-state index contributed by atoms with van der Waals surface area (Å²) in [5.41, 5.74) is 0.860. The van der Waals surface area contributed by atoms with Gasteiger partial charge in [0.2, 0.25) is 21.8 Å². The lowest BCUT2D eigenvalue weighted by molar-refractivity contribution is -0.139. The third kappa shape index (κ3) is 8.35. The largest absolute Gasteiger partial charge is 0.444 e. The van der Waals surface area contributed by atoms with Gasteiger partial charge in [-0.1, -0.05) is 38.1 Å². The number of hydrogen-bond acceptors (Lipinski definition) is 10. The number of benzene rings is 2. The van der Waals surface area contributed by atoms with E-state index in [1.165, 1.54) is 15.9 Å². The Hall–Kier alpha value is -5.03. The number of ether oxygens (including phenoxy) is 1. The molecule has 0 bridgehead atoms. The summed E-state index contributed by atoms with van der Waals surface area (Å²) in [7, 11) is -1.90. The van der Waals surface area contributed by atoms with Gasteiger partial charge in [-0.2, -0.15) is 0 Å². The first-order valence-corrected chi connectivity index (χ1v) is 21.0. The lowest BCUT2D eigenvalue weighted by Gasteiger charge is -2.32. The maximum absolute atomic E-state index is 14.6. The topological polar surface area (TPSA) is 178 Å². The molecule has 0 aromatic heterocycles. The molecule has 17 heteroatoms. The van der Waals surface area contributed by atoms with Gasteiger partial charge in [-0.05, 0) is 74.6 Å². The normalized spacial score (nSPS) is 25.0. The third-order valence-corrected chi connectivity index (χ3v) is 13.6. The van der Waals surface area contributed by atoms with E-state index in [2.05, 4.69) is 26.8 Å². The monoisotopic (exact) mass is 807 g/mol. The number of rotatable bonds is 12. The molecule has 306 valence electrons. The fraction of sp³-hybridized carbons (Fsp3) is 0.525. The quantitative estimate of drug-likeness (QED) is 0.270. The number of likely N-dealkylation sites (tertiary alicyclic amines) is 1. The number of sulfonamides is 1. The number of anilines is 1. The summed E-state index contributed by atoms with van der Waals surface area (Å²) in [5, 5.41) is 5.35. The average molecular weight is 808 g/mol. The molecular weight excluding hydrogens is 758 g/mol. The standard InChI is InChI=1S/C40H50FN7O8S/c1-5-27-20-40(27,38(52)44-57(54,55)30-12-13-30)43-35(49)33-19-29(56-39(53)47-21-26-9-7-11-32(41)31(26)23-47)22-48(33)37(51)34(24(2)3)42-28-10-6-8-25(18-28)36(50)46-16-14-45(4)15-17-46/h6-11,18,27,29-30,33-34,42H,2,5,12-17,19-23H2,1,3-4H3,(H,43,49)(H,44,52)/t27-,29-,33+,34+,40-/m1/s1. The Morgan fingerprint density at radius 2 is 1.74 bits per heavy atom. The number of halogens is 1. The summed E-state index contributed by atoms with van der Waals surface area (Å²) in [6.07, 6.45) is -0.215. The van der Waals surface area contributed by atoms with Crippen LogP contribution in [0.5, 0.6) is 0 Å². The van der Waals surface area contributed by atoms with Crippen LogP contribution in [-0.2, 0) is 42.2 Å². The van der Waals surface area contributed by atoms with Crippen LogP contribution in [0.15, 0.2) is 54.6 Å². The number of hydrogen-bond donors (Lipinski definition) is 3. The maximum Gasteiger partial charge on any atom is 0.410 e. The van der Waals surface area contributed by atoms with Crippen molar-refractivity contribution in [3.8, 4) is 0 Å². The van der Waals surface area contributed by atoms with Crippen LogP contribution in [0.2, 0.25) is 0 Å². The molecule has 5 amide bonds. The smallest absolute Gasteiger partial charge is 0.410 e. The van der Waals surface area contributed by atoms with Crippen LogP contribution >= 0.6 is 0 Å². The lowest BCUT2D eigenvalue weighted by atomic mass is 10.1. The highest BCUT2D eigenvalue weighted by molar-refractivity contribution is 7.91. The predicted molar refractivity (Wildman–Crippen MR) is 207 cm³/mol. The van der Waals surface area contributed by atoms with E-state index >= 15 is 0 Å². The van der Waals surface area contributed by atoms with Crippen molar-refractivity contribution in [2.45, 2.75) is 88.0 Å². The highest BCUT2D eigenvalue weighted by Crippen LogP contribution is 2.47. The number of piperazine rings is 1. The van der Waals surface area contributed by atoms with Gasteiger partial charge in [-0.3, -0.25) is 28.8 Å². The molecule has 7 rings (SSSR count). The second-order valence-corrected chi connectivity index (χ2v) is 18.0. The number of nitrogens with one attached hydrogen (secondary N) is 3. The lowest BCUT2D eigenvalue weighted by Crippen LogP contribution is -2.57. The Morgan fingerprint density at radius 3 is 2.39 bits per heavy atom. The molecule has 0 spiro atoms. The number of carbonyl (C=O) groups is 5. The molecule has 5 atom stereocenters. The van der Waals surface area contributed by atoms with Crippen molar-refractivity contribution in [3.63, 3.8) is 0 Å². The van der Waals surface area contributed by atoms with E-state index < -0.39 is 68.6 Å². The Bertz CT molecular complexity index is 2090. The summed E-state index contributed by atoms with van der Waals surface area (Å²) in [5.74, 6) is -2.99. The van der Waals surface area contributed by atoms with E-state index in [-0.39, 0.29) is 44.3 Å². The van der Waals surface area contributed by atoms with E-state index in [4.69, 9.17) is 4.74 Å². The van der Waals surface area contributed by atoms with E-state index in [9.17, 15) is 36.8 Å². The van der Waals surface area contributed by atoms with E-state index in [1.54, 1.807) is 48.2 Å². The summed E-state index contributed by atoms with van der Waals surface area (Å²) in [6, 6.07) is 9.12. The molecule has 3 N–H and O–H groups in total. The first-order chi connectivity index (χ1) is 27.1. The highest BCUT2D eigenvalue weighted by Gasteiger charge is 2.62. The van der Waals surface area contributed by atoms with Crippen molar-refractivity contribution in [1.82, 2.24) is 29.6 Å². The highest BCUT2D eigenvalue weighted by atomic mass is 32.2. The van der Waals surface area contributed by atoms with Crippen LogP contribution in [0.25, 0.3) is 0 Å². The molecule has 0 unspecified atom stereocenters. The molecule has 4 fully saturated rings. The van der Waals surface area contributed by atoms with E-state index in [0.29, 0.717) is 60.3 Å². The fourth-order valence-electron chi connectivity index (χ4n) is 8.06. The van der Waals surface area contributed by atoms with Crippen LogP contribution in [0, 0.1) is 11.7 Å². The van der Waals surface area contributed by atoms with Crippen LogP contribution in [-0.4, -0.2) is 126 Å². The van der Waals surface area contributed by atoms with Gasteiger partial charge in [0.15, 0.2) is 0 Å². The molecule has 15 nitrogen and oxygen atoms in total. The molecule has 2 aliphatic carbocycles. The van der Waals surface area contributed by atoms with Crippen molar-refractivity contribution in [1.29, 1.82) is 0 Å². The Labute approximate surface area is 332 Å². The average Bonchev–Trinajstić information content (AvgIpc) is 4.07. The molecule has 2 saturated heterocycles. The third-order valence-electron chi connectivity index (χ3n) is 11.8. The van der Waals surface area contributed by atoms with Crippen molar-refractivity contribution in [2.75, 3.05) is 45.1 Å². The molecule has 3 aliphatic heterocycles. The summed E-state index contributed by atoms with van der Waals surface area (Å²) >= 11 is 0. The fourth-order valence-corrected chi connectivity index (χ4v) is 9.42. The first kappa shape index (κ1) is 40.2. The minimum atomic E-state index is -3.91. The Kier molecular flexibility index (Phi) is 11.1. The van der Waals surface area contributed by atoms with Crippen molar-refractivity contribution in [3.05, 3.63) is 77.1 Å². The molecule has 2 saturated carbocycles.